The molecule has 0 amide bonds. The predicted octanol–water partition coefficient (Wildman–Crippen LogP) is 5.10. The normalized spacial score (nSPS) is 11.0. The molecule has 6 heteroatoms. The van der Waals surface area contributed by atoms with Gasteiger partial charge in [0.25, 0.3) is 0 Å². The van der Waals surface area contributed by atoms with Crippen LogP contribution in [0.4, 0.5) is 5.69 Å². The molecule has 106 valence electrons. The van der Waals surface area contributed by atoms with E-state index in [0.29, 0.717) is 27.5 Å². The molecule has 0 atom stereocenters. The molecule has 0 radical (unpaired) electrons. The van der Waals surface area contributed by atoms with Crippen molar-refractivity contribution in [1.82, 2.24) is 4.57 Å². The quantitative estimate of drug-likeness (QED) is 0.682. The van der Waals surface area contributed by atoms with E-state index in [0.717, 1.165) is 5.56 Å². The standard InChI is InChI=1S/C15H10Cl2N2O2/c16-10-6-11-13(18-21)15(20)19(14(11)12(17)7-10)8-9-4-2-1-3-5-9/h1-7,20H,8H2. The Morgan fingerprint density at radius 1 is 1.14 bits per heavy atom. The van der Waals surface area contributed by atoms with Gasteiger partial charge in [-0.05, 0) is 22.9 Å². The van der Waals surface area contributed by atoms with Crippen molar-refractivity contribution in [3.8, 4) is 5.88 Å². The van der Waals surface area contributed by atoms with Gasteiger partial charge < -0.3 is 9.67 Å². The molecule has 3 rings (SSSR count). The van der Waals surface area contributed by atoms with Crippen molar-refractivity contribution < 1.29 is 5.11 Å². The van der Waals surface area contributed by atoms with Crippen LogP contribution in [-0.2, 0) is 6.54 Å². The number of nitroso groups, excluding NO2 is 1. The summed E-state index contributed by atoms with van der Waals surface area (Å²) in [6.07, 6.45) is 0. The SMILES string of the molecule is O=Nc1c(O)n(Cc2ccccc2)c2c(Cl)cc(Cl)cc12. The fourth-order valence-corrected chi connectivity index (χ4v) is 2.98. The highest BCUT2D eigenvalue weighted by atomic mass is 35.5. The molecule has 1 aromatic heterocycles. The Bertz CT molecular complexity index is 829. The molecule has 21 heavy (non-hydrogen) atoms. The molecule has 0 aliphatic carbocycles. The third-order valence-electron chi connectivity index (χ3n) is 3.30. The van der Waals surface area contributed by atoms with Crippen LogP contribution < -0.4 is 0 Å². The molecule has 0 saturated heterocycles. The number of rotatable bonds is 3. The number of aromatic nitrogens is 1. The summed E-state index contributed by atoms with van der Waals surface area (Å²) < 4.78 is 1.56. The van der Waals surface area contributed by atoms with Gasteiger partial charge in [-0.25, -0.2) is 0 Å². The molecule has 0 aliphatic rings. The van der Waals surface area contributed by atoms with Crippen LogP contribution in [0.3, 0.4) is 0 Å². The molecular formula is C15H10Cl2N2O2. The van der Waals surface area contributed by atoms with E-state index in [9.17, 15) is 10.0 Å². The highest BCUT2D eigenvalue weighted by Gasteiger charge is 2.20. The molecule has 4 nitrogen and oxygen atoms in total. The summed E-state index contributed by atoms with van der Waals surface area (Å²) in [7, 11) is 0. The fourth-order valence-electron chi connectivity index (χ4n) is 2.38. The summed E-state index contributed by atoms with van der Waals surface area (Å²) in [6.45, 7) is 0.375. The highest BCUT2D eigenvalue weighted by Crippen LogP contribution is 2.43. The molecule has 0 saturated carbocycles. The van der Waals surface area contributed by atoms with Gasteiger partial charge in [0.05, 0.1) is 17.1 Å². The molecule has 0 fully saturated rings. The van der Waals surface area contributed by atoms with Gasteiger partial charge in [-0.2, -0.15) is 0 Å². The van der Waals surface area contributed by atoms with Gasteiger partial charge in [-0.3, -0.25) is 0 Å². The maximum Gasteiger partial charge on any atom is 0.222 e. The number of hydrogen-bond acceptors (Lipinski definition) is 3. The van der Waals surface area contributed by atoms with E-state index >= 15 is 0 Å². The van der Waals surface area contributed by atoms with Crippen LogP contribution in [0.1, 0.15) is 5.56 Å². The second-order valence-corrected chi connectivity index (χ2v) is 5.46. The average Bonchev–Trinajstić information content (AvgIpc) is 2.72. The second-order valence-electron chi connectivity index (χ2n) is 4.62. The van der Waals surface area contributed by atoms with Gasteiger partial charge >= 0.3 is 0 Å². The Morgan fingerprint density at radius 3 is 2.52 bits per heavy atom. The number of nitrogens with zero attached hydrogens (tertiary/aromatic N) is 2. The minimum Gasteiger partial charge on any atom is -0.493 e. The number of hydrogen-bond donors (Lipinski definition) is 1. The van der Waals surface area contributed by atoms with E-state index in [2.05, 4.69) is 5.18 Å². The zero-order valence-electron chi connectivity index (χ0n) is 10.8. The topological polar surface area (TPSA) is 54.6 Å². The smallest absolute Gasteiger partial charge is 0.222 e. The highest BCUT2D eigenvalue weighted by molar-refractivity contribution is 6.39. The third kappa shape index (κ3) is 2.37. The van der Waals surface area contributed by atoms with Gasteiger partial charge in [0.2, 0.25) is 5.88 Å². The van der Waals surface area contributed by atoms with Crippen molar-refractivity contribution in [3.63, 3.8) is 0 Å². The van der Waals surface area contributed by atoms with Crippen LogP contribution in [-0.4, -0.2) is 9.67 Å². The minimum absolute atomic E-state index is 0.0506. The lowest BCUT2D eigenvalue weighted by Gasteiger charge is -2.08. The largest absolute Gasteiger partial charge is 0.493 e. The first kappa shape index (κ1) is 13.9. The average molecular weight is 321 g/mol. The summed E-state index contributed by atoms with van der Waals surface area (Å²) in [5.41, 5.74) is 1.45. The van der Waals surface area contributed by atoms with Crippen LogP contribution in [0.5, 0.6) is 5.88 Å². The Hall–Kier alpha value is -2.04. The van der Waals surface area contributed by atoms with Crippen LogP contribution in [0.2, 0.25) is 10.0 Å². The van der Waals surface area contributed by atoms with E-state index in [1.807, 2.05) is 30.3 Å². The Kier molecular flexibility index (Phi) is 3.57. The summed E-state index contributed by atoms with van der Waals surface area (Å²) in [5.74, 6) is -0.215. The predicted molar refractivity (Wildman–Crippen MR) is 84.6 cm³/mol. The lowest BCUT2D eigenvalue weighted by molar-refractivity contribution is 0.430. The first-order valence-electron chi connectivity index (χ1n) is 6.19. The molecule has 2 aromatic carbocycles. The van der Waals surface area contributed by atoms with Crippen molar-refractivity contribution in [2.75, 3.05) is 0 Å². The first-order chi connectivity index (χ1) is 10.1. The van der Waals surface area contributed by atoms with Crippen LogP contribution in [0, 0.1) is 4.91 Å². The monoisotopic (exact) mass is 320 g/mol. The number of benzene rings is 2. The van der Waals surface area contributed by atoms with Crippen LogP contribution in [0.25, 0.3) is 10.9 Å². The molecule has 1 N–H and O–H groups in total. The number of fused-ring (bicyclic) bond motifs is 1. The molecule has 0 spiro atoms. The van der Waals surface area contributed by atoms with Crippen molar-refractivity contribution in [3.05, 3.63) is 63.0 Å². The van der Waals surface area contributed by atoms with E-state index in [1.54, 1.807) is 16.7 Å². The van der Waals surface area contributed by atoms with Gasteiger partial charge in [0, 0.05) is 10.4 Å². The van der Waals surface area contributed by atoms with Crippen LogP contribution >= 0.6 is 23.2 Å². The molecular weight excluding hydrogens is 311 g/mol. The molecule has 3 aromatic rings. The minimum atomic E-state index is -0.215. The van der Waals surface area contributed by atoms with Gasteiger partial charge in [0.1, 0.15) is 0 Å². The lowest BCUT2D eigenvalue weighted by atomic mass is 10.2. The first-order valence-corrected chi connectivity index (χ1v) is 6.95. The van der Waals surface area contributed by atoms with Crippen LogP contribution in [0.15, 0.2) is 47.6 Å². The van der Waals surface area contributed by atoms with Crippen molar-refractivity contribution in [1.29, 1.82) is 0 Å². The summed E-state index contributed by atoms with van der Waals surface area (Å²) in [4.78, 5) is 11.0. The molecule has 0 aliphatic heterocycles. The molecule has 0 bridgehead atoms. The molecule has 1 heterocycles. The van der Waals surface area contributed by atoms with Gasteiger partial charge in [-0.15, -0.1) is 4.91 Å². The second kappa shape index (κ2) is 5.39. The Balaban J connectivity index is 2.27. The lowest BCUT2D eigenvalue weighted by Crippen LogP contribution is -1.99. The fraction of sp³-hybridized carbons (Fsp3) is 0.0667. The van der Waals surface area contributed by atoms with E-state index in [-0.39, 0.29) is 11.6 Å². The van der Waals surface area contributed by atoms with E-state index in [1.165, 1.54) is 0 Å². The summed E-state index contributed by atoms with van der Waals surface area (Å²) >= 11 is 12.2. The van der Waals surface area contributed by atoms with Crippen molar-refractivity contribution >= 4 is 39.8 Å². The number of aromatic hydroxyl groups is 1. The maximum atomic E-state index is 11.0. The van der Waals surface area contributed by atoms with Gasteiger partial charge in [-0.1, -0.05) is 53.5 Å². The summed E-state index contributed by atoms with van der Waals surface area (Å²) in [5, 5.41) is 14.3. The maximum absolute atomic E-state index is 11.0. The number of halogens is 2. The van der Waals surface area contributed by atoms with Crippen molar-refractivity contribution in [2.45, 2.75) is 6.54 Å². The Morgan fingerprint density at radius 2 is 1.86 bits per heavy atom. The Labute approximate surface area is 130 Å². The van der Waals surface area contributed by atoms with E-state index < -0.39 is 0 Å². The van der Waals surface area contributed by atoms with E-state index in [4.69, 9.17) is 23.2 Å². The third-order valence-corrected chi connectivity index (χ3v) is 3.80. The zero-order valence-corrected chi connectivity index (χ0v) is 12.3. The zero-order chi connectivity index (χ0) is 15.0. The molecule has 0 unspecified atom stereocenters. The van der Waals surface area contributed by atoms with Crippen molar-refractivity contribution in [2.24, 2.45) is 5.18 Å². The van der Waals surface area contributed by atoms with Gasteiger partial charge in [0.15, 0.2) is 5.69 Å². The summed E-state index contributed by atoms with van der Waals surface area (Å²) in [6, 6.07) is 12.7.